The molecule has 0 aromatic heterocycles. The van der Waals surface area contributed by atoms with Gasteiger partial charge in [0.05, 0.1) is 0 Å². The molecule has 0 saturated carbocycles. The Morgan fingerprint density at radius 2 is 0.519 bits per heavy atom. The number of carbonyl (C=O) groups is 3. The highest BCUT2D eigenvalue weighted by molar-refractivity contribution is 6.00. The lowest BCUT2D eigenvalue weighted by atomic mass is 9.95. The Kier molecular flexibility index (Phi) is 27.3. The standard InChI is InChI=1S/3C10H11F3O.C9H7F3O.C9H10O.C7H8.C3H3F3O/c3*1-7-3-5-8(6-4-7)9(2,14)10(11,12)13;1-6-2-4-7(5-3-6)8(13)9(10,11)12;1-7-3-5-9(6-4-7)8(2)10;1-7-5-3-2-4-6-7;1-2(7)3(4,5)6/h3*3-6,14H,1-2H3;2-5H,1H3;3-6H,1-2H3;2-6H,1H3;1H3. The number of alkyl halides is 15. The second-order valence-electron chi connectivity index (χ2n) is 18.1. The van der Waals surface area contributed by atoms with E-state index in [1.807, 2.05) is 49.4 Å². The lowest BCUT2D eigenvalue weighted by Gasteiger charge is -2.26. The first-order chi connectivity index (χ1) is 35.7. The molecule has 6 rings (SSSR count). The first kappa shape index (κ1) is 72.2. The molecule has 0 spiro atoms. The molecule has 0 amide bonds. The number of carbonyl (C=O) groups excluding carboxylic acids is 3. The molecule has 0 fully saturated rings. The van der Waals surface area contributed by atoms with Crippen LogP contribution in [-0.2, 0) is 21.6 Å². The predicted octanol–water partition coefficient (Wildman–Crippen LogP) is 16.4. The van der Waals surface area contributed by atoms with Gasteiger partial charge in [-0.05, 0) is 85.9 Å². The van der Waals surface area contributed by atoms with E-state index in [4.69, 9.17) is 0 Å². The zero-order chi connectivity index (χ0) is 61.8. The van der Waals surface area contributed by atoms with Crippen molar-refractivity contribution in [3.8, 4) is 0 Å². The fourth-order valence-corrected chi connectivity index (χ4v) is 5.32. The summed E-state index contributed by atoms with van der Waals surface area (Å²) in [5.41, 5.74) is -2.41. The van der Waals surface area contributed by atoms with Gasteiger partial charge in [0.2, 0.25) is 5.78 Å². The fourth-order valence-electron chi connectivity index (χ4n) is 5.32. The molecule has 3 N–H and O–H groups in total. The molecule has 6 nitrogen and oxygen atoms in total. The Labute approximate surface area is 448 Å². The van der Waals surface area contributed by atoms with Gasteiger partial charge in [-0.15, -0.1) is 0 Å². The number of aliphatic hydroxyl groups is 3. The van der Waals surface area contributed by atoms with Crippen molar-refractivity contribution in [1.82, 2.24) is 0 Å². The third kappa shape index (κ3) is 25.2. The van der Waals surface area contributed by atoms with Gasteiger partial charge in [-0.3, -0.25) is 14.4 Å². The van der Waals surface area contributed by atoms with E-state index >= 15 is 0 Å². The number of aryl methyl sites for hydroxylation is 6. The summed E-state index contributed by atoms with van der Waals surface area (Å²) in [5, 5.41) is 27.9. The smallest absolute Gasteiger partial charge is 0.376 e. The summed E-state index contributed by atoms with van der Waals surface area (Å²) in [7, 11) is 0. The molecule has 3 atom stereocenters. The molecular formula is C58H61F15O6. The zero-order valence-electron chi connectivity index (χ0n) is 44.7. The Bertz CT molecular complexity index is 2600. The van der Waals surface area contributed by atoms with Gasteiger partial charge < -0.3 is 15.3 Å². The minimum atomic E-state index is -4.78. The maximum Gasteiger partial charge on any atom is 0.454 e. The normalized spacial score (nSPS) is 13.6. The van der Waals surface area contributed by atoms with Gasteiger partial charge in [0.25, 0.3) is 5.78 Å². The van der Waals surface area contributed by atoms with Crippen LogP contribution >= 0.6 is 0 Å². The van der Waals surface area contributed by atoms with Crippen molar-refractivity contribution in [2.45, 2.75) is 124 Å². The van der Waals surface area contributed by atoms with Gasteiger partial charge in [0.15, 0.2) is 22.6 Å². The fraction of sp³-hybridized carbons (Fsp3) is 0.328. The molecule has 0 heterocycles. The van der Waals surface area contributed by atoms with Crippen molar-refractivity contribution in [3.63, 3.8) is 0 Å². The van der Waals surface area contributed by atoms with Gasteiger partial charge in [0, 0.05) is 18.1 Å². The van der Waals surface area contributed by atoms with Crippen LogP contribution in [0.5, 0.6) is 0 Å². The summed E-state index contributed by atoms with van der Waals surface area (Å²) < 4.78 is 179. The van der Waals surface area contributed by atoms with E-state index in [-0.39, 0.29) is 28.0 Å². The van der Waals surface area contributed by atoms with E-state index in [2.05, 4.69) is 19.1 Å². The van der Waals surface area contributed by atoms with Gasteiger partial charge in [0.1, 0.15) is 0 Å². The first-order valence-electron chi connectivity index (χ1n) is 23.1. The Morgan fingerprint density at radius 3 is 0.684 bits per heavy atom. The van der Waals surface area contributed by atoms with E-state index < -0.39 is 59.3 Å². The van der Waals surface area contributed by atoms with Crippen molar-refractivity contribution >= 4 is 17.3 Å². The van der Waals surface area contributed by atoms with Crippen LogP contribution in [0.4, 0.5) is 65.9 Å². The molecule has 79 heavy (non-hydrogen) atoms. The average Bonchev–Trinajstić information content (AvgIpc) is 3.32. The number of benzene rings is 6. The number of Topliss-reactive ketones (excluding diaryl/α,β-unsaturated/α-hetero) is 3. The molecule has 434 valence electrons. The van der Waals surface area contributed by atoms with E-state index in [1.165, 1.54) is 108 Å². The van der Waals surface area contributed by atoms with Crippen molar-refractivity contribution in [3.05, 3.63) is 213 Å². The topological polar surface area (TPSA) is 112 Å². The molecular weight excluding hydrogens is 1080 g/mol. The van der Waals surface area contributed by atoms with Crippen LogP contribution in [0.3, 0.4) is 0 Å². The van der Waals surface area contributed by atoms with Crippen LogP contribution in [0.1, 0.15) is 105 Å². The SMILES string of the molecule is CC(=O)C(F)(F)F.CC(=O)c1ccc(C)cc1.Cc1ccc(C(=O)C(F)(F)F)cc1.Cc1ccc(C(C)(O)C(F)(F)F)cc1.Cc1ccc(C(C)(O)C(F)(F)F)cc1.Cc1ccc(C(C)(O)C(F)(F)F)cc1.Cc1ccccc1. The molecule has 0 saturated heterocycles. The van der Waals surface area contributed by atoms with Gasteiger partial charge in [-0.2, -0.15) is 65.9 Å². The summed E-state index contributed by atoms with van der Waals surface area (Å²) in [6.07, 6.45) is -23.4. The minimum absolute atomic E-state index is 0.125. The molecule has 0 aliphatic rings. The average molecular weight is 1140 g/mol. The monoisotopic (exact) mass is 1140 g/mol. The summed E-state index contributed by atoms with van der Waals surface area (Å²) >= 11 is 0. The highest BCUT2D eigenvalue weighted by Crippen LogP contribution is 2.40. The summed E-state index contributed by atoms with van der Waals surface area (Å²) in [6, 6.07) is 40.0. The van der Waals surface area contributed by atoms with Gasteiger partial charge >= 0.3 is 30.9 Å². The Hall–Kier alpha value is -6.84. The van der Waals surface area contributed by atoms with Crippen LogP contribution < -0.4 is 0 Å². The molecule has 0 aliphatic carbocycles. The van der Waals surface area contributed by atoms with Crippen LogP contribution in [0.15, 0.2) is 152 Å². The summed E-state index contributed by atoms with van der Waals surface area (Å²) in [4.78, 5) is 30.7. The van der Waals surface area contributed by atoms with E-state index in [0.717, 1.165) is 48.6 Å². The summed E-state index contributed by atoms with van der Waals surface area (Å²) in [5.74, 6) is -3.43. The van der Waals surface area contributed by atoms with Crippen LogP contribution in [-0.4, -0.2) is 63.6 Å². The van der Waals surface area contributed by atoms with Crippen LogP contribution in [0.2, 0.25) is 0 Å². The summed E-state index contributed by atoms with van der Waals surface area (Å²) in [6.45, 7) is 15.4. The molecule has 3 unspecified atom stereocenters. The number of hydrogen-bond donors (Lipinski definition) is 3. The van der Waals surface area contributed by atoms with Crippen LogP contribution in [0, 0.1) is 41.5 Å². The van der Waals surface area contributed by atoms with Crippen molar-refractivity contribution in [1.29, 1.82) is 0 Å². The molecule has 6 aromatic rings. The second kappa shape index (κ2) is 29.9. The van der Waals surface area contributed by atoms with Crippen molar-refractivity contribution in [2.75, 3.05) is 0 Å². The predicted molar refractivity (Wildman–Crippen MR) is 271 cm³/mol. The third-order valence-corrected chi connectivity index (χ3v) is 10.9. The van der Waals surface area contributed by atoms with Gasteiger partial charge in [-0.25, -0.2) is 0 Å². The minimum Gasteiger partial charge on any atom is -0.376 e. The largest absolute Gasteiger partial charge is 0.454 e. The second-order valence-corrected chi connectivity index (χ2v) is 18.1. The molecule has 0 bridgehead atoms. The molecule has 21 heteroatoms. The Balaban J connectivity index is 0.000000912. The van der Waals surface area contributed by atoms with Gasteiger partial charge in [-0.1, -0.05) is 185 Å². The lowest BCUT2D eigenvalue weighted by molar-refractivity contribution is -0.259. The number of ketones is 3. The third-order valence-electron chi connectivity index (χ3n) is 10.9. The quantitative estimate of drug-likeness (QED) is 0.117. The molecule has 0 radical (unpaired) electrons. The van der Waals surface area contributed by atoms with Crippen molar-refractivity contribution in [2.24, 2.45) is 0 Å². The highest BCUT2D eigenvalue weighted by atomic mass is 19.4. The van der Waals surface area contributed by atoms with Crippen LogP contribution in [0.25, 0.3) is 0 Å². The Morgan fingerprint density at radius 1 is 0.316 bits per heavy atom. The zero-order valence-corrected chi connectivity index (χ0v) is 44.7. The number of halogens is 15. The molecule has 6 aromatic carbocycles. The number of hydrogen-bond acceptors (Lipinski definition) is 6. The lowest BCUT2D eigenvalue weighted by Crippen LogP contribution is -2.39. The maximum atomic E-state index is 12.4. The van der Waals surface area contributed by atoms with E-state index in [9.17, 15) is 95.6 Å². The van der Waals surface area contributed by atoms with E-state index in [0.29, 0.717) is 6.92 Å². The highest BCUT2D eigenvalue weighted by Gasteiger charge is 2.52. The maximum absolute atomic E-state index is 12.4. The number of rotatable bonds is 5. The van der Waals surface area contributed by atoms with Crippen molar-refractivity contribution < 1.29 is 95.6 Å². The van der Waals surface area contributed by atoms with E-state index in [1.54, 1.807) is 34.6 Å². The first-order valence-corrected chi connectivity index (χ1v) is 23.1. The molecule has 0 aliphatic heterocycles.